The van der Waals surface area contributed by atoms with Crippen molar-refractivity contribution in [1.82, 2.24) is 14.7 Å². The number of hydrogen-bond donors (Lipinski definition) is 1. The number of fused-ring (bicyclic) bond motifs is 1. The van der Waals surface area contributed by atoms with Crippen LogP contribution >= 0.6 is 0 Å². The third-order valence-corrected chi connectivity index (χ3v) is 5.71. The van der Waals surface area contributed by atoms with Crippen LogP contribution in [0.2, 0.25) is 0 Å². The summed E-state index contributed by atoms with van der Waals surface area (Å²) in [5, 5.41) is 7.12. The summed E-state index contributed by atoms with van der Waals surface area (Å²) < 4.78 is 1.68. The molecule has 32 heavy (non-hydrogen) atoms. The van der Waals surface area contributed by atoms with Crippen LogP contribution < -0.4 is 5.32 Å². The molecule has 2 heterocycles. The number of anilines is 1. The van der Waals surface area contributed by atoms with Crippen molar-refractivity contribution in [3.63, 3.8) is 0 Å². The van der Waals surface area contributed by atoms with Crippen LogP contribution in [0.5, 0.6) is 0 Å². The van der Waals surface area contributed by atoms with Crippen LogP contribution in [-0.2, 0) is 16.8 Å². The molecule has 0 fully saturated rings. The van der Waals surface area contributed by atoms with Crippen molar-refractivity contribution in [2.45, 2.75) is 45.7 Å². The van der Waals surface area contributed by atoms with E-state index in [9.17, 15) is 14.4 Å². The topological polar surface area (TPSA) is 84.3 Å². The maximum absolute atomic E-state index is 12.9. The SMILES string of the molecule is CC(C(=O)Nc1ccnn1Cc1ccc(C(C)(C)C)cc1)N1C(=O)c2ccccc2C1=O. The van der Waals surface area contributed by atoms with E-state index < -0.39 is 23.8 Å². The first-order chi connectivity index (χ1) is 15.2. The molecule has 1 N–H and O–H groups in total. The van der Waals surface area contributed by atoms with Gasteiger partial charge in [-0.25, -0.2) is 4.68 Å². The molecular formula is C25H26N4O3. The molecule has 164 valence electrons. The van der Waals surface area contributed by atoms with Crippen molar-refractivity contribution in [3.8, 4) is 0 Å². The van der Waals surface area contributed by atoms with Gasteiger partial charge in [-0.3, -0.25) is 19.3 Å². The highest BCUT2D eigenvalue weighted by atomic mass is 16.2. The fraction of sp³-hybridized carbons (Fsp3) is 0.280. The lowest BCUT2D eigenvalue weighted by Gasteiger charge is -2.22. The lowest BCUT2D eigenvalue weighted by molar-refractivity contribution is -0.119. The molecule has 3 aromatic rings. The van der Waals surface area contributed by atoms with Crippen molar-refractivity contribution in [3.05, 3.63) is 83.0 Å². The van der Waals surface area contributed by atoms with Crippen LogP contribution in [0, 0.1) is 0 Å². The van der Waals surface area contributed by atoms with Crippen molar-refractivity contribution >= 4 is 23.5 Å². The molecule has 0 spiro atoms. The summed E-state index contributed by atoms with van der Waals surface area (Å²) in [4.78, 5) is 39.2. The first-order valence-electron chi connectivity index (χ1n) is 10.6. The van der Waals surface area contributed by atoms with Crippen molar-refractivity contribution in [2.75, 3.05) is 5.32 Å². The summed E-state index contributed by atoms with van der Waals surface area (Å²) in [7, 11) is 0. The Morgan fingerprint density at radius 2 is 1.56 bits per heavy atom. The van der Waals surface area contributed by atoms with Crippen molar-refractivity contribution in [1.29, 1.82) is 0 Å². The molecule has 1 atom stereocenters. The van der Waals surface area contributed by atoms with Crippen LogP contribution in [0.4, 0.5) is 5.82 Å². The van der Waals surface area contributed by atoms with E-state index >= 15 is 0 Å². The summed E-state index contributed by atoms with van der Waals surface area (Å²) in [5.74, 6) is -0.871. The van der Waals surface area contributed by atoms with Gasteiger partial charge in [0, 0.05) is 6.07 Å². The zero-order valence-electron chi connectivity index (χ0n) is 18.6. The zero-order valence-corrected chi connectivity index (χ0v) is 18.6. The van der Waals surface area contributed by atoms with E-state index in [0.717, 1.165) is 10.5 Å². The summed E-state index contributed by atoms with van der Waals surface area (Å²) in [6.07, 6.45) is 1.60. The number of nitrogens with one attached hydrogen (secondary N) is 1. The number of imide groups is 1. The van der Waals surface area contributed by atoms with Gasteiger partial charge in [-0.1, -0.05) is 57.2 Å². The second kappa shape index (κ2) is 8.07. The van der Waals surface area contributed by atoms with Crippen LogP contribution in [0.1, 0.15) is 59.5 Å². The van der Waals surface area contributed by atoms with Crippen molar-refractivity contribution < 1.29 is 14.4 Å². The Kier molecular flexibility index (Phi) is 5.42. The monoisotopic (exact) mass is 430 g/mol. The minimum absolute atomic E-state index is 0.0730. The van der Waals surface area contributed by atoms with Gasteiger partial charge in [-0.2, -0.15) is 5.10 Å². The number of aromatic nitrogens is 2. The largest absolute Gasteiger partial charge is 0.309 e. The summed E-state index contributed by atoms with van der Waals surface area (Å²) >= 11 is 0. The minimum atomic E-state index is -0.961. The maximum atomic E-state index is 12.9. The van der Waals surface area contributed by atoms with E-state index in [1.807, 2.05) is 0 Å². The molecular weight excluding hydrogens is 404 g/mol. The Morgan fingerprint density at radius 1 is 0.969 bits per heavy atom. The smallest absolute Gasteiger partial charge is 0.262 e. The number of nitrogens with zero attached hydrogens (tertiary/aromatic N) is 3. The molecule has 7 heteroatoms. The van der Waals surface area contributed by atoms with Crippen LogP contribution in [0.15, 0.2) is 60.8 Å². The number of benzene rings is 2. The normalized spacial score (nSPS) is 14.4. The van der Waals surface area contributed by atoms with Crippen LogP contribution in [0.25, 0.3) is 0 Å². The predicted octanol–water partition coefficient (Wildman–Crippen LogP) is 3.85. The second-order valence-electron chi connectivity index (χ2n) is 9.01. The molecule has 1 aliphatic rings. The Morgan fingerprint density at radius 3 is 2.12 bits per heavy atom. The third-order valence-electron chi connectivity index (χ3n) is 5.71. The van der Waals surface area contributed by atoms with Crippen LogP contribution in [-0.4, -0.2) is 38.4 Å². The van der Waals surface area contributed by atoms with Gasteiger partial charge in [0.25, 0.3) is 11.8 Å². The molecule has 0 saturated heterocycles. The lowest BCUT2D eigenvalue weighted by atomic mass is 9.87. The molecule has 0 radical (unpaired) electrons. The quantitative estimate of drug-likeness (QED) is 0.623. The summed E-state index contributed by atoms with van der Waals surface area (Å²) in [6, 6.07) is 15.6. The van der Waals surface area contributed by atoms with Gasteiger partial charge < -0.3 is 5.32 Å². The highest BCUT2D eigenvalue weighted by Gasteiger charge is 2.40. The molecule has 3 amide bonds. The van der Waals surface area contributed by atoms with Crippen LogP contribution in [0.3, 0.4) is 0 Å². The summed E-state index contributed by atoms with van der Waals surface area (Å²) in [6.45, 7) is 8.52. The van der Waals surface area contributed by atoms with E-state index in [1.54, 1.807) is 48.1 Å². The van der Waals surface area contributed by atoms with E-state index in [0.29, 0.717) is 23.5 Å². The molecule has 0 saturated carbocycles. The average molecular weight is 431 g/mol. The zero-order chi connectivity index (χ0) is 23.0. The Balaban J connectivity index is 1.47. The molecule has 1 aromatic heterocycles. The molecule has 0 aliphatic carbocycles. The van der Waals surface area contributed by atoms with Gasteiger partial charge in [0.2, 0.25) is 5.91 Å². The first-order valence-corrected chi connectivity index (χ1v) is 10.6. The van der Waals surface area contributed by atoms with Gasteiger partial charge in [0.15, 0.2) is 0 Å². The van der Waals surface area contributed by atoms with Gasteiger partial charge in [0.1, 0.15) is 11.9 Å². The maximum Gasteiger partial charge on any atom is 0.262 e. The van der Waals surface area contributed by atoms with Crippen molar-refractivity contribution in [2.24, 2.45) is 0 Å². The fourth-order valence-electron chi connectivity index (χ4n) is 3.76. The fourth-order valence-corrected chi connectivity index (χ4v) is 3.76. The molecule has 4 rings (SSSR count). The predicted molar refractivity (Wildman–Crippen MR) is 122 cm³/mol. The number of carbonyl (C=O) groups is 3. The molecule has 2 aromatic carbocycles. The number of amides is 3. The number of carbonyl (C=O) groups excluding carboxylic acids is 3. The Hall–Kier alpha value is -3.74. The minimum Gasteiger partial charge on any atom is -0.309 e. The molecule has 1 aliphatic heterocycles. The van der Waals surface area contributed by atoms with E-state index in [4.69, 9.17) is 0 Å². The summed E-state index contributed by atoms with van der Waals surface area (Å²) in [5.41, 5.74) is 3.00. The Bertz CT molecular complexity index is 1150. The Labute approximate surface area is 187 Å². The highest BCUT2D eigenvalue weighted by Crippen LogP contribution is 2.25. The lowest BCUT2D eigenvalue weighted by Crippen LogP contribution is -2.45. The molecule has 0 bridgehead atoms. The average Bonchev–Trinajstić information content (AvgIpc) is 3.29. The highest BCUT2D eigenvalue weighted by molar-refractivity contribution is 6.23. The third kappa shape index (κ3) is 3.93. The standard InChI is InChI=1S/C25H26N4O3/c1-16(29-23(31)19-7-5-6-8-20(19)24(29)32)22(30)27-21-13-14-26-28(21)15-17-9-11-18(12-10-17)25(2,3)4/h5-14,16H,15H2,1-4H3,(H,27,30). The van der Waals surface area contributed by atoms with Gasteiger partial charge in [-0.15, -0.1) is 0 Å². The molecule has 1 unspecified atom stereocenters. The number of rotatable bonds is 5. The molecule has 7 nitrogen and oxygen atoms in total. The van der Waals surface area contributed by atoms with Gasteiger partial charge in [0.05, 0.1) is 23.9 Å². The van der Waals surface area contributed by atoms with Gasteiger partial charge >= 0.3 is 0 Å². The first kappa shape index (κ1) is 21.5. The van der Waals surface area contributed by atoms with Gasteiger partial charge in [-0.05, 0) is 35.6 Å². The number of hydrogen-bond acceptors (Lipinski definition) is 4. The second-order valence-corrected chi connectivity index (χ2v) is 9.01. The van der Waals surface area contributed by atoms with E-state index in [1.165, 1.54) is 5.56 Å². The van der Waals surface area contributed by atoms with E-state index in [-0.39, 0.29) is 5.41 Å². The van der Waals surface area contributed by atoms with E-state index in [2.05, 4.69) is 55.5 Å².